The average molecular weight is 664 g/mol. The van der Waals surface area contributed by atoms with Crippen molar-refractivity contribution in [1.29, 1.82) is 0 Å². The Morgan fingerprint density at radius 3 is 1.56 bits per heavy atom. The standard InChI is InChI=1S/C46H26B2O4/c47-42-39(44(49)46(51)43(48)45(42)50)29-19-17-26-20-28(18-16-27(26)21-29)38-30-10-3-5-12-32(30)40(33-13-6-4-11-31(33)38)34-14-7-15-36-41(34)35-22-24-8-1-2-9-25(24)23-37(35)52-36/h1-23,49-51H. The van der Waals surface area contributed by atoms with Crippen LogP contribution in [0.25, 0.3) is 98.4 Å². The maximum atomic E-state index is 10.7. The summed E-state index contributed by atoms with van der Waals surface area (Å²) in [5.41, 5.74) is 6.39. The molecular weight excluding hydrogens is 638 g/mol. The summed E-state index contributed by atoms with van der Waals surface area (Å²) >= 11 is 0. The summed E-state index contributed by atoms with van der Waals surface area (Å²) in [4.78, 5) is 0. The van der Waals surface area contributed by atoms with Crippen molar-refractivity contribution in [3.05, 3.63) is 140 Å². The first-order valence-corrected chi connectivity index (χ1v) is 17.0. The largest absolute Gasteiger partial charge is 0.509 e. The van der Waals surface area contributed by atoms with E-state index in [9.17, 15) is 15.3 Å². The van der Waals surface area contributed by atoms with Crippen LogP contribution in [-0.2, 0) is 0 Å². The molecule has 0 spiro atoms. The molecule has 9 aromatic carbocycles. The molecule has 0 aliphatic carbocycles. The van der Waals surface area contributed by atoms with Gasteiger partial charge in [-0.1, -0.05) is 109 Å². The Kier molecular flexibility index (Phi) is 6.49. The van der Waals surface area contributed by atoms with Gasteiger partial charge in [-0.05, 0) is 112 Å². The van der Waals surface area contributed by atoms with Crippen LogP contribution in [0.15, 0.2) is 144 Å². The first-order chi connectivity index (χ1) is 25.4. The molecule has 4 radical (unpaired) electrons. The number of hydrogen-bond donors (Lipinski definition) is 3. The van der Waals surface area contributed by atoms with E-state index in [-0.39, 0.29) is 16.5 Å². The number of rotatable bonds is 3. The molecule has 6 heteroatoms. The molecular formula is C46H26B2O4. The van der Waals surface area contributed by atoms with Gasteiger partial charge in [-0.2, -0.15) is 0 Å². The van der Waals surface area contributed by atoms with Crippen LogP contribution < -0.4 is 10.9 Å². The monoisotopic (exact) mass is 664 g/mol. The molecule has 0 amide bonds. The van der Waals surface area contributed by atoms with E-state index in [2.05, 4.69) is 115 Å². The Morgan fingerprint density at radius 1 is 0.385 bits per heavy atom. The van der Waals surface area contributed by atoms with Gasteiger partial charge >= 0.3 is 0 Å². The molecule has 240 valence electrons. The van der Waals surface area contributed by atoms with Gasteiger partial charge in [-0.25, -0.2) is 0 Å². The smallest absolute Gasteiger partial charge is 0.164 e. The molecule has 0 atom stereocenters. The fraction of sp³-hybridized carbons (Fsp3) is 0. The van der Waals surface area contributed by atoms with Crippen molar-refractivity contribution in [2.75, 3.05) is 0 Å². The van der Waals surface area contributed by atoms with Crippen molar-refractivity contribution >= 4 is 91.6 Å². The van der Waals surface area contributed by atoms with E-state index in [0.29, 0.717) is 5.56 Å². The number of hydrogen-bond acceptors (Lipinski definition) is 4. The van der Waals surface area contributed by atoms with E-state index in [1.807, 2.05) is 24.3 Å². The van der Waals surface area contributed by atoms with Gasteiger partial charge in [0, 0.05) is 16.3 Å². The molecule has 0 saturated heterocycles. The highest BCUT2D eigenvalue weighted by Gasteiger charge is 2.22. The summed E-state index contributed by atoms with van der Waals surface area (Å²) < 4.78 is 6.50. The maximum Gasteiger partial charge on any atom is 0.164 e. The predicted octanol–water partition coefficient (Wildman–Crippen LogP) is 9.90. The van der Waals surface area contributed by atoms with E-state index in [1.54, 1.807) is 0 Å². The van der Waals surface area contributed by atoms with Gasteiger partial charge in [-0.15, -0.1) is 0 Å². The predicted molar refractivity (Wildman–Crippen MR) is 216 cm³/mol. The van der Waals surface area contributed by atoms with E-state index >= 15 is 0 Å². The van der Waals surface area contributed by atoms with Crippen molar-refractivity contribution in [3.8, 4) is 50.6 Å². The zero-order chi connectivity index (χ0) is 35.2. The number of aromatic hydroxyl groups is 3. The highest BCUT2D eigenvalue weighted by Crippen LogP contribution is 2.47. The molecule has 10 aromatic rings. The van der Waals surface area contributed by atoms with E-state index in [4.69, 9.17) is 20.1 Å². The zero-order valence-electron chi connectivity index (χ0n) is 27.7. The lowest BCUT2D eigenvalue weighted by atomic mass is 9.79. The van der Waals surface area contributed by atoms with Crippen molar-refractivity contribution in [2.24, 2.45) is 0 Å². The van der Waals surface area contributed by atoms with Crippen LogP contribution >= 0.6 is 0 Å². The summed E-state index contributed by atoms with van der Waals surface area (Å²) in [6.07, 6.45) is 0. The number of phenolic OH excluding ortho intramolecular Hbond substituents is 3. The molecule has 0 unspecified atom stereocenters. The number of phenols is 3. The van der Waals surface area contributed by atoms with Crippen LogP contribution in [0.4, 0.5) is 0 Å². The Bertz CT molecular complexity index is 3060. The Balaban J connectivity index is 1.21. The van der Waals surface area contributed by atoms with Crippen LogP contribution in [0.1, 0.15) is 0 Å². The number of fused-ring (bicyclic) bond motifs is 7. The van der Waals surface area contributed by atoms with Crippen molar-refractivity contribution in [2.45, 2.75) is 0 Å². The molecule has 0 fully saturated rings. The molecule has 1 heterocycles. The lowest BCUT2D eigenvalue weighted by Gasteiger charge is -2.19. The molecule has 0 aliphatic rings. The highest BCUT2D eigenvalue weighted by atomic mass is 16.3. The van der Waals surface area contributed by atoms with Gasteiger partial charge < -0.3 is 19.7 Å². The summed E-state index contributed by atoms with van der Waals surface area (Å²) in [7, 11) is 11.9. The molecule has 1 aromatic heterocycles. The molecule has 0 bridgehead atoms. The molecule has 0 aliphatic heterocycles. The minimum atomic E-state index is -0.606. The van der Waals surface area contributed by atoms with Crippen molar-refractivity contribution in [1.82, 2.24) is 0 Å². The van der Waals surface area contributed by atoms with Crippen LogP contribution in [-0.4, -0.2) is 31.0 Å². The Hall–Kier alpha value is -6.65. The lowest BCUT2D eigenvalue weighted by Crippen LogP contribution is -2.18. The molecule has 4 nitrogen and oxygen atoms in total. The van der Waals surface area contributed by atoms with Crippen LogP contribution in [0.5, 0.6) is 17.2 Å². The van der Waals surface area contributed by atoms with Crippen molar-refractivity contribution in [3.63, 3.8) is 0 Å². The lowest BCUT2D eigenvalue weighted by molar-refractivity contribution is 0.403. The van der Waals surface area contributed by atoms with E-state index in [1.165, 1.54) is 5.39 Å². The topological polar surface area (TPSA) is 73.8 Å². The van der Waals surface area contributed by atoms with Gasteiger partial charge in [0.2, 0.25) is 0 Å². The zero-order valence-corrected chi connectivity index (χ0v) is 27.7. The van der Waals surface area contributed by atoms with E-state index in [0.717, 1.165) is 81.9 Å². The van der Waals surface area contributed by atoms with Gasteiger partial charge in [0.05, 0.1) is 0 Å². The maximum absolute atomic E-state index is 10.7. The third kappa shape index (κ3) is 4.31. The van der Waals surface area contributed by atoms with Crippen LogP contribution in [0, 0.1) is 0 Å². The Labute approximate surface area is 300 Å². The first-order valence-electron chi connectivity index (χ1n) is 17.0. The number of benzene rings is 9. The quantitative estimate of drug-likeness (QED) is 0.0761. The fourth-order valence-electron chi connectivity index (χ4n) is 8.05. The molecule has 52 heavy (non-hydrogen) atoms. The second-order valence-corrected chi connectivity index (χ2v) is 13.3. The first kappa shape index (κ1) is 30.2. The fourth-order valence-corrected chi connectivity index (χ4v) is 8.05. The molecule has 10 rings (SSSR count). The normalized spacial score (nSPS) is 11.8. The summed E-state index contributed by atoms with van der Waals surface area (Å²) in [5, 5.41) is 42.4. The Morgan fingerprint density at radius 2 is 0.923 bits per heavy atom. The number of furan rings is 1. The SMILES string of the molecule is [B]c1c(O)c([B])c(-c2ccc3cc(-c4c5ccccc5c(-c5cccc6oc7cc8ccccc8cc7c56)c5ccccc45)ccc3c2)c(O)c1O. The molecule has 0 saturated carbocycles. The van der Waals surface area contributed by atoms with E-state index < -0.39 is 17.2 Å². The minimum absolute atomic E-state index is 0.103. The molecule has 3 N–H and O–H groups in total. The third-order valence-electron chi connectivity index (χ3n) is 10.5. The third-order valence-corrected chi connectivity index (χ3v) is 10.5. The summed E-state index contributed by atoms with van der Waals surface area (Å²) in [5.74, 6) is -1.55. The van der Waals surface area contributed by atoms with Gasteiger partial charge in [-0.3, -0.25) is 0 Å². The van der Waals surface area contributed by atoms with Crippen LogP contribution in [0.3, 0.4) is 0 Å². The summed E-state index contributed by atoms with van der Waals surface area (Å²) in [6.45, 7) is 0. The second-order valence-electron chi connectivity index (χ2n) is 13.3. The highest BCUT2D eigenvalue weighted by molar-refractivity contribution is 6.45. The van der Waals surface area contributed by atoms with Gasteiger partial charge in [0.25, 0.3) is 0 Å². The second kappa shape index (κ2) is 11.2. The van der Waals surface area contributed by atoms with Crippen molar-refractivity contribution < 1.29 is 19.7 Å². The van der Waals surface area contributed by atoms with Crippen LogP contribution in [0.2, 0.25) is 0 Å². The summed E-state index contributed by atoms with van der Waals surface area (Å²) in [6, 6.07) is 48.2. The minimum Gasteiger partial charge on any atom is -0.509 e. The van der Waals surface area contributed by atoms with Gasteiger partial charge in [0.15, 0.2) is 11.5 Å². The van der Waals surface area contributed by atoms with Gasteiger partial charge in [0.1, 0.15) is 32.6 Å². The average Bonchev–Trinajstić information content (AvgIpc) is 3.55.